The Kier molecular flexibility index (Phi) is 7.22. The van der Waals surface area contributed by atoms with Crippen LogP contribution in [0.3, 0.4) is 0 Å². The van der Waals surface area contributed by atoms with Gasteiger partial charge in [0.15, 0.2) is 0 Å². The molecule has 23 heavy (non-hydrogen) atoms. The average molecular weight is 322 g/mol. The zero-order valence-electron chi connectivity index (χ0n) is 13.8. The lowest BCUT2D eigenvalue weighted by molar-refractivity contribution is 0.0374. The lowest BCUT2D eigenvalue weighted by Crippen LogP contribution is -2.38. The SMILES string of the molecule is CCCCn1nc(C(=O)NCCCN2CCOCC2)ccc1=O. The molecule has 0 bridgehead atoms. The summed E-state index contributed by atoms with van der Waals surface area (Å²) in [5.41, 5.74) is 0.134. The number of nitrogens with zero attached hydrogens (tertiary/aromatic N) is 3. The summed E-state index contributed by atoms with van der Waals surface area (Å²) in [5, 5.41) is 7.01. The number of ether oxygens (including phenoxy) is 1. The van der Waals surface area contributed by atoms with Gasteiger partial charge in [-0.2, -0.15) is 5.10 Å². The second-order valence-electron chi connectivity index (χ2n) is 5.70. The number of rotatable bonds is 8. The fraction of sp³-hybridized carbons (Fsp3) is 0.688. The number of amides is 1. The van der Waals surface area contributed by atoms with E-state index < -0.39 is 0 Å². The maximum Gasteiger partial charge on any atom is 0.271 e. The van der Waals surface area contributed by atoms with Crippen LogP contribution in [-0.2, 0) is 11.3 Å². The fourth-order valence-corrected chi connectivity index (χ4v) is 2.46. The molecule has 0 saturated carbocycles. The molecule has 1 N–H and O–H groups in total. The third-order valence-electron chi connectivity index (χ3n) is 3.86. The van der Waals surface area contributed by atoms with E-state index in [9.17, 15) is 9.59 Å². The summed E-state index contributed by atoms with van der Waals surface area (Å²) < 4.78 is 6.67. The summed E-state index contributed by atoms with van der Waals surface area (Å²) >= 11 is 0. The highest BCUT2D eigenvalue weighted by Gasteiger charge is 2.11. The summed E-state index contributed by atoms with van der Waals surface area (Å²) in [6.07, 6.45) is 2.74. The number of carbonyl (C=O) groups is 1. The van der Waals surface area contributed by atoms with Crippen molar-refractivity contribution in [3.8, 4) is 0 Å². The monoisotopic (exact) mass is 322 g/mol. The molecule has 2 rings (SSSR count). The molecule has 0 atom stereocenters. The third kappa shape index (κ3) is 5.76. The Morgan fingerprint density at radius 2 is 2.04 bits per heavy atom. The molecule has 1 aromatic rings. The van der Waals surface area contributed by atoms with Gasteiger partial charge in [-0.25, -0.2) is 4.68 Å². The number of nitrogens with one attached hydrogen (secondary N) is 1. The Hall–Kier alpha value is -1.73. The number of hydrogen-bond donors (Lipinski definition) is 1. The van der Waals surface area contributed by atoms with Gasteiger partial charge in [0.05, 0.1) is 13.2 Å². The standard InChI is InChI=1S/C16H26N4O3/c1-2-3-9-20-15(21)6-5-14(18-20)16(22)17-7-4-8-19-10-12-23-13-11-19/h5-6H,2-4,7-13H2,1H3,(H,17,22). The number of carbonyl (C=O) groups excluding carboxylic acids is 1. The van der Waals surface area contributed by atoms with Crippen LogP contribution in [0.15, 0.2) is 16.9 Å². The summed E-state index contributed by atoms with van der Waals surface area (Å²) in [6.45, 7) is 7.64. The highest BCUT2D eigenvalue weighted by atomic mass is 16.5. The molecule has 1 aliphatic heterocycles. The Balaban J connectivity index is 1.77. The van der Waals surface area contributed by atoms with Gasteiger partial charge in [-0.3, -0.25) is 14.5 Å². The van der Waals surface area contributed by atoms with Crippen molar-refractivity contribution >= 4 is 5.91 Å². The van der Waals surface area contributed by atoms with Crippen LogP contribution in [0, 0.1) is 0 Å². The average Bonchev–Trinajstić information content (AvgIpc) is 2.58. The van der Waals surface area contributed by atoms with Crippen molar-refractivity contribution < 1.29 is 9.53 Å². The van der Waals surface area contributed by atoms with E-state index in [2.05, 4.69) is 22.2 Å². The minimum atomic E-state index is -0.225. The number of aryl methyl sites for hydroxylation is 1. The number of unbranched alkanes of at least 4 members (excludes halogenated alkanes) is 1. The first kappa shape index (κ1) is 17.6. The minimum Gasteiger partial charge on any atom is -0.379 e. The van der Waals surface area contributed by atoms with Crippen LogP contribution in [0.4, 0.5) is 0 Å². The molecule has 0 radical (unpaired) electrons. The highest BCUT2D eigenvalue weighted by Crippen LogP contribution is 1.98. The first-order valence-corrected chi connectivity index (χ1v) is 8.37. The lowest BCUT2D eigenvalue weighted by atomic mass is 10.3. The molecule has 7 heteroatoms. The van der Waals surface area contributed by atoms with Crippen molar-refractivity contribution in [2.45, 2.75) is 32.7 Å². The van der Waals surface area contributed by atoms with E-state index in [0.29, 0.717) is 18.8 Å². The first-order valence-electron chi connectivity index (χ1n) is 8.37. The minimum absolute atomic E-state index is 0.165. The number of aromatic nitrogens is 2. The Morgan fingerprint density at radius 3 is 2.78 bits per heavy atom. The maximum atomic E-state index is 12.1. The molecule has 1 aromatic heterocycles. The summed E-state index contributed by atoms with van der Waals surface area (Å²) in [7, 11) is 0. The van der Waals surface area contributed by atoms with Gasteiger partial charge in [0, 0.05) is 32.2 Å². The summed E-state index contributed by atoms with van der Waals surface area (Å²) in [6, 6.07) is 2.90. The Morgan fingerprint density at radius 1 is 1.26 bits per heavy atom. The largest absolute Gasteiger partial charge is 0.379 e. The molecule has 1 fully saturated rings. The zero-order valence-corrected chi connectivity index (χ0v) is 13.8. The second-order valence-corrected chi connectivity index (χ2v) is 5.70. The Labute approximate surface area is 136 Å². The van der Waals surface area contributed by atoms with Gasteiger partial charge in [0.25, 0.3) is 11.5 Å². The van der Waals surface area contributed by atoms with Crippen molar-refractivity contribution in [3.05, 3.63) is 28.2 Å². The highest BCUT2D eigenvalue weighted by molar-refractivity contribution is 5.91. The van der Waals surface area contributed by atoms with E-state index in [1.807, 2.05) is 0 Å². The predicted molar refractivity (Wildman–Crippen MR) is 87.6 cm³/mol. The molecular formula is C16H26N4O3. The Bertz CT molecular complexity index is 553. The van der Waals surface area contributed by atoms with Crippen LogP contribution in [0.25, 0.3) is 0 Å². The smallest absolute Gasteiger partial charge is 0.271 e. The van der Waals surface area contributed by atoms with Gasteiger partial charge >= 0.3 is 0 Å². The molecular weight excluding hydrogens is 296 g/mol. The van der Waals surface area contributed by atoms with E-state index in [-0.39, 0.29) is 11.5 Å². The quantitative estimate of drug-likeness (QED) is 0.705. The normalized spacial score (nSPS) is 15.5. The fourth-order valence-electron chi connectivity index (χ4n) is 2.46. The summed E-state index contributed by atoms with van der Waals surface area (Å²) in [4.78, 5) is 26.1. The molecule has 1 aliphatic rings. The lowest BCUT2D eigenvalue weighted by Gasteiger charge is -2.26. The zero-order chi connectivity index (χ0) is 16.5. The third-order valence-corrected chi connectivity index (χ3v) is 3.86. The number of hydrogen-bond acceptors (Lipinski definition) is 5. The van der Waals surface area contributed by atoms with E-state index in [4.69, 9.17) is 4.74 Å². The molecule has 0 aliphatic carbocycles. The molecule has 7 nitrogen and oxygen atoms in total. The van der Waals surface area contributed by atoms with Gasteiger partial charge in [0.1, 0.15) is 5.69 Å². The molecule has 0 spiro atoms. The molecule has 0 unspecified atom stereocenters. The van der Waals surface area contributed by atoms with Gasteiger partial charge in [-0.1, -0.05) is 13.3 Å². The molecule has 0 aromatic carbocycles. The van der Waals surface area contributed by atoms with Crippen LogP contribution in [-0.4, -0.2) is 60.0 Å². The van der Waals surface area contributed by atoms with E-state index in [0.717, 1.165) is 52.1 Å². The van der Waals surface area contributed by atoms with Crippen molar-refractivity contribution in [2.75, 3.05) is 39.4 Å². The van der Waals surface area contributed by atoms with Crippen LogP contribution in [0.2, 0.25) is 0 Å². The molecule has 1 saturated heterocycles. The van der Waals surface area contributed by atoms with Crippen molar-refractivity contribution in [1.29, 1.82) is 0 Å². The van der Waals surface area contributed by atoms with Gasteiger partial charge in [0.2, 0.25) is 0 Å². The predicted octanol–water partition coefficient (Wildman–Crippen LogP) is 0.496. The van der Waals surface area contributed by atoms with Crippen LogP contribution in [0.1, 0.15) is 36.7 Å². The van der Waals surface area contributed by atoms with Gasteiger partial charge in [-0.05, 0) is 25.5 Å². The van der Waals surface area contributed by atoms with E-state index >= 15 is 0 Å². The molecule has 2 heterocycles. The van der Waals surface area contributed by atoms with Gasteiger partial charge in [-0.15, -0.1) is 0 Å². The van der Waals surface area contributed by atoms with E-state index in [1.165, 1.54) is 16.8 Å². The maximum absolute atomic E-state index is 12.1. The topological polar surface area (TPSA) is 76.5 Å². The van der Waals surface area contributed by atoms with Crippen LogP contribution < -0.4 is 10.9 Å². The molecule has 128 valence electrons. The number of morpholine rings is 1. The second kappa shape index (κ2) is 9.42. The molecule has 1 amide bonds. The first-order chi connectivity index (χ1) is 11.2. The van der Waals surface area contributed by atoms with Gasteiger partial charge < -0.3 is 10.1 Å². The van der Waals surface area contributed by atoms with E-state index in [1.54, 1.807) is 0 Å². The van der Waals surface area contributed by atoms with Crippen molar-refractivity contribution in [2.24, 2.45) is 0 Å². The van der Waals surface area contributed by atoms with Crippen LogP contribution >= 0.6 is 0 Å². The summed E-state index contributed by atoms with van der Waals surface area (Å²) in [5.74, 6) is -0.225. The van der Waals surface area contributed by atoms with Crippen LogP contribution in [0.5, 0.6) is 0 Å². The van der Waals surface area contributed by atoms with Crippen molar-refractivity contribution in [3.63, 3.8) is 0 Å². The van der Waals surface area contributed by atoms with Crippen molar-refractivity contribution in [1.82, 2.24) is 20.0 Å².